The van der Waals surface area contributed by atoms with E-state index in [0.717, 1.165) is 36.1 Å². The Bertz CT molecular complexity index is 1150. The molecule has 0 saturated heterocycles. The molecule has 4 nitrogen and oxygen atoms in total. The number of hydrogen-bond acceptors (Lipinski definition) is 4. The topological polar surface area (TPSA) is 51.2 Å². The van der Waals surface area contributed by atoms with E-state index in [2.05, 4.69) is 53.6 Å². The van der Waals surface area contributed by atoms with Crippen molar-refractivity contribution in [2.45, 2.75) is 26.2 Å². The predicted octanol–water partition coefficient (Wildman–Crippen LogP) is 7.30. The molecule has 32 heavy (non-hydrogen) atoms. The number of anilines is 1. The molecule has 1 aromatic heterocycles. The number of nitrogens with zero attached hydrogens (tertiary/aromatic N) is 1. The Kier molecular flexibility index (Phi) is 7.31. The summed E-state index contributed by atoms with van der Waals surface area (Å²) in [4.78, 5) is 17.3. The number of carbonyl (C=O) groups is 1. The molecule has 0 spiro atoms. The standard InChI is InChI=1S/C27H26N2O2S/c1-2-3-7-17-31-24-12-8-11-23(18-24)26(30)29-27-28-25(19-32-27)22-15-13-21(14-16-22)20-9-5-4-6-10-20/h4-6,8-16,18-19H,2-3,7,17H2,1H3,(H,28,29,30). The number of thiazole rings is 1. The van der Waals surface area contributed by atoms with Crippen molar-refractivity contribution in [2.24, 2.45) is 0 Å². The van der Waals surface area contributed by atoms with Crippen LogP contribution in [-0.4, -0.2) is 17.5 Å². The Morgan fingerprint density at radius 2 is 1.66 bits per heavy atom. The summed E-state index contributed by atoms with van der Waals surface area (Å²) < 4.78 is 5.76. The Hall–Kier alpha value is -3.44. The van der Waals surface area contributed by atoms with Gasteiger partial charge in [-0.1, -0.05) is 80.4 Å². The van der Waals surface area contributed by atoms with Crippen molar-refractivity contribution < 1.29 is 9.53 Å². The number of unbranched alkanes of at least 4 members (excludes halogenated alkanes) is 2. The van der Waals surface area contributed by atoms with Gasteiger partial charge in [0, 0.05) is 16.5 Å². The molecule has 0 bridgehead atoms. The maximum Gasteiger partial charge on any atom is 0.257 e. The van der Waals surface area contributed by atoms with Crippen LogP contribution < -0.4 is 10.1 Å². The number of carbonyl (C=O) groups excluding carboxylic acids is 1. The third-order valence-electron chi connectivity index (χ3n) is 5.13. The van der Waals surface area contributed by atoms with Gasteiger partial charge < -0.3 is 4.74 Å². The van der Waals surface area contributed by atoms with E-state index >= 15 is 0 Å². The van der Waals surface area contributed by atoms with Crippen molar-refractivity contribution in [1.82, 2.24) is 4.98 Å². The van der Waals surface area contributed by atoms with Crippen LogP contribution in [-0.2, 0) is 0 Å². The van der Waals surface area contributed by atoms with Gasteiger partial charge in [-0.3, -0.25) is 10.1 Å². The van der Waals surface area contributed by atoms with E-state index in [4.69, 9.17) is 4.74 Å². The molecule has 3 aromatic carbocycles. The second-order valence-electron chi connectivity index (χ2n) is 7.52. The molecular formula is C27H26N2O2S. The highest BCUT2D eigenvalue weighted by Crippen LogP contribution is 2.28. The van der Waals surface area contributed by atoms with Crippen LogP contribution in [0.4, 0.5) is 5.13 Å². The van der Waals surface area contributed by atoms with Crippen molar-refractivity contribution in [1.29, 1.82) is 0 Å². The van der Waals surface area contributed by atoms with Gasteiger partial charge >= 0.3 is 0 Å². The lowest BCUT2D eigenvalue weighted by Crippen LogP contribution is -2.11. The number of amides is 1. The number of nitrogens with one attached hydrogen (secondary N) is 1. The summed E-state index contributed by atoms with van der Waals surface area (Å²) in [7, 11) is 0. The Labute approximate surface area is 192 Å². The molecule has 162 valence electrons. The molecule has 0 aliphatic carbocycles. The summed E-state index contributed by atoms with van der Waals surface area (Å²) in [5, 5.41) is 5.44. The van der Waals surface area contributed by atoms with Gasteiger partial charge in [-0.15, -0.1) is 11.3 Å². The summed E-state index contributed by atoms with van der Waals surface area (Å²) in [6, 6.07) is 25.8. The molecule has 0 saturated carbocycles. The smallest absolute Gasteiger partial charge is 0.257 e. The van der Waals surface area contributed by atoms with Crippen molar-refractivity contribution in [3.63, 3.8) is 0 Å². The van der Waals surface area contributed by atoms with Crippen LogP contribution in [0.3, 0.4) is 0 Å². The van der Waals surface area contributed by atoms with Crippen LogP contribution in [0, 0.1) is 0 Å². The second kappa shape index (κ2) is 10.7. The zero-order valence-electron chi connectivity index (χ0n) is 18.1. The molecule has 0 aliphatic rings. The molecule has 4 aromatic rings. The first-order valence-electron chi connectivity index (χ1n) is 10.9. The minimum Gasteiger partial charge on any atom is -0.494 e. The van der Waals surface area contributed by atoms with Crippen LogP contribution >= 0.6 is 11.3 Å². The third kappa shape index (κ3) is 5.62. The molecule has 0 aliphatic heterocycles. The summed E-state index contributed by atoms with van der Waals surface area (Å²) in [5.74, 6) is 0.524. The summed E-state index contributed by atoms with van der Waals surface area (Å²) in [6.07, 6.45) is 3.31. The van der Waals surface area contributed by atoms with Crippen molar-refractivity contribution in [3.8, 4) is 28.1 Å². The fourth-order valence-corrected chi connectivity index (χ4v) is 4.08. The fraction of sp³-hybridized carbons (Fsp3) is 0.185. The monoisotopic (exact) mass is 442 g/mol. The largest absolute Gasteiger partial charge is 0.494 e. The Morgan fingerprint density at radius 3 is 2.44 bits per heavy atom. The van der Waals surface area contributed by atoms with E-state index in [1.54, 1.807) is 12.1 Å². The van der Waals surface area contributed by atoms with Gasteiger partial charge in [0.1, 0.15) is 5.75 Å². The molecule has 4 rings (SSSR count). The predicted molar refractivity (Wildman–Crippen MR) is 132 cm³/mol. The second-order valence-corrected chi connectivity index (χ2v) is 8.38. The molecule has 1 heterocycles. The number of aromatic nitrogens is 1. The Balaban J connectivity index is 1.39. The van der Waals surface area contributed by atoms with Crippen LogP contribution in [0.25, 0.3) is 22.4 Å². The first kappa shape index (κ1) is 21.8. The van der Waals surface area contributed by atoms with Crippen molar-refractivity contribution in [3.05, 3.63) is 89.8 Å². The highest BCUT2D eigenvalue weighted by atomic mass is 32.1. The van der Waals surface area contributed by atoms with Crippen LogP contribution in [0.1, 0.15) is 36.5 Å². The number of ether oxygens (including phenoxy) is 1. The summed E-state index contributed by atoms with van der Waals surface area (Å²) in [6.45, 7) is 2.83. The first-order valence-corrected chi connectivity index (χ1v) is 11.8. The summed E-state index contributed by atoms with van der Waals surface area (Å²) >= 11 is 1.42. The highest BCUT2D eigenvalue weighted by Gasteiger charge is 2.11. The lowest BCUT2D eigenvalue weighted by Gasteiger charge is -2.07. The van der Waals surface area contributed by atoms with Crippen molar-refractivity contribution in [2.75, 3.05) is 11.9 Å². The molecule has 1 amide bonds. The average Bonchev–Trinajstić information content (AvgIpc) is 3.31. The van der Waals surface area contributed by atoms with Crippen molar-refractivity contribution >= 4 is 22.4 Å². The number of rotatable bonds is 9. The van der Waals surface area contributed by atoms with E-state index in [-0.39, 0.29) is 5.91 Å². The van der Waals surface area contributed by atoms with Crippen LogP contribution in [0.2, 0.25) is 0 Å². The van der Waals surface area contributed by atoms with E-state index < -0.39 is 0 Å². The molecular weight excluding hydrogens is 416 g/mol. The molecule has 0 fully saturated rings. The summed E-state index contributed by atoms with van der Waals surface area (Å²) in [5.41, 5.74) is 4.76. The average molecular weight is 443 g/mol. The SMILES string of the molecule is CCCCCOc1cccc(C(=O)Nc2nc(-c3ccc(-c4ccccc4)cc3)cs2)c1. The lowest BCUT2D eigenvalue weighted by atomic mass is 10.0. The minimum atomic E-state index is -0.190. The molecule has 5 heteroatoms. The van der Waals surface area contributed by atoms with Gasteiger partial charge in [-0.05, 0) is 35.7 Å². The molecule has 1 N–H and O–H groups in total. The lowest BCUT2D eigenvalue weighted by molar-refractivity contribution is 0.102. The third-order valence-corrected chi connectivity index (χ3v) is 5.88. The van der Waals surface area contributed by atoms with Gasteiger partial charge in [-0.2, -0.15) is 0 Å². The first-order chi connectivity index (χ1) is 15.7. The van der Waals surface area contributed by atoms with Gasteiger partial charge in [0.05, 0.1) is 12.3 Å². The quantitative estimate of drug-likeness (QED) is 0.277. The normalized spacial score (nSPS) is 10.7. The Morgan fingerprint density at radius 1 is 0.906 bits per heavy atom. The van der Waals surface area contributed by atoms with Crippen LogP contribution in [0.15, 0.2) is 84.2 Å². The highest BCUT2D eigenvalue weighted by molar-refractivity contribution is 7.14. The molecule has 0 atom stereocenters. The van der Waals surface area contributed by atoms with E-state index in [9.17, 15) is 4.79 Å². The minimum absolute atomic E-state index is 0.190. The van der Waals surface area contributed by atoms with Gasteiger partial charge in [0.25, 0.3) is 5.91 Å². The fourth-order valence-electron chi connectivity index (χ4n) is 3.37. The number of benzene rings is 3. The number of hydrogen-bond donors (Lipinski definition) is 1. The van der Waals surface area contributed by atoms with E-state index in [0.29, 0.717) is 23.1 Å². The zero-order chi connectivity index (χ0) is 22.2. The van der Waals surface area contributed by atoms with Gasteiger partial charge in [-0.25, -0.2) is 4.98 Å². The molecule has 0 radical (unpaired) electrons. The maximum absolute atomic E-state index is 12.7. The molecule has 0 unspecified atom stereocenters. The van der Waals surface area contributed by atoms with Gasteiger partial charge in [0.2, 0.25) is 0 Å². The van der Waals surface area contributed by atoms with E-state index in [1.807, 2.05) is 35.7 Å². The zero-order valence-corrected chi connectivity index (χ0v) is 18.9. The van der Waals surface area contributed by atoms with Gasteiger partial charge in [0.15, 0.2) is 5.13 Å². The maximum atomic E-state index is 12.7. The van der Waals surface area contributed by atoms with Crippen LogP contribution in [0.5, 0.6) is 5.75 Å². The van der Waals surface area contributed by atoms with E-state index in [1.165, 1.54) is 16.9 Å².